The first-order chi connectivity index (χ1) is 15.1. The Balaban J connectivity index is 1.37. The lowest BCUT2D eigenvalue weighted by Gasteiger charge is -2.06. The van der Waals surface area contributed by atoms with Gasteiger partial charge < -0.3 is 19.5 Å². The summed E-state index contributed by atoms with van der Waals surface area (Å²) in [6.45, 7) is 2.04. The number of benzene rings is 2. The fourth-order valence-electron chi connectivity index (χ4n) is 3.06. The van der Waals surface area contributed by atoms with Crippen LogP contribution in [0.25, 0.3) is 11.5 Å². The van der Waals surface area contributed by atoms with Gasteiger partial charge in [0.25, 0.3) is 5.91 Å². The highest BCUT2D eigenvalue weighted by Crippen LogP contribution is 2.23. The van der Waals surface area contributed by atoms with Gasteiger partial charge in [0.2, 0.25) is 11.8 Å². The first-order valence-corrected chi connectivity index (χ1v) is 9.79. The quantitative estimate of drug-likeness (QED) is 0.468. The van der Waals surface area contributed by atoms with E-state index in [1.165, 1.54) is 12.5 Å². The number of anilines is 1. The molecule has 0 unspecified atom stereocenters. The summed E-state index contributed by atoms with van der Waals surface area (Å²) < 4.78 is 10.7. The average Bonchev–Trinajstić information content (AvgIpc) is 3.43. The van der Waals surface area contributed by atoms with E-state index in [1.807, 2.05) is 42.5 Å². The Bertz CT molecular complexity index is 1160. The third-order valence-corrected chi connectivity index (χ3v) is 4.72. The van der Waals surface area contributed by atoms with Crippen LogP contribution in [-0.2, 0) is 17.8 Å². The summed E-state index contributed by atoms with van der Waals surface area (Å²) in [5, 5.41) is 5.68. The van der Waals surface area contributed by atoms with Gasteiger partial charge in [0, 0.05) is 11.3 Å². The van der Waals surface area contributed by atoms with Gasteiger partial charge in [-0.15, -0.1) is 0 Å². The highest BCUT2D eigenvalue weighted by Gasteiger charge is 2.14. The molecule has 0 spiro atoms. The smallest absolute Gasteiger partial charge is 0.254 e. The standard InChI is InChI=1S/C24H21N3O4/c1-16-21(14-25-23(29)19-11-12-30-15-19)27-24(31-16)18-7-9-20(10-8-18)26-22(28)13-17-5-3-2-4-6-17/h2-12,15H,13-14H2,1H3,(H,25,29)(H,26,28). The second kappa shape index (κ2) is 9.13. The molecule has 0 fully saturated rings. The maximum absolute atomic E-state index is 12.2. The monoisotopic (exact) mass is 415 g/mol. The Morgan fingerprint density at radius 3 is 2.48 bits per heavy atom. The fraction of sp³-hybridized carbons (Fsp3) is 0.125. The minimum atomic E-state index is -0.242. The zero-order valence-electron chi connectivity index (χ0n) is 16.9. The van der Waals surface area contributed by atoms with E-state index < -0.39 is 0 Å². The molecule has 2 amide bonds. The first-order valence-electron chi connectivity index (χ1n) is 9.79. The lowest BCUT2D eigenvalue weighted by Crippen LogP contribution is -2.22. The molecule has 2 aromatic carbocycles. The van der Waals surface area contributed by atoms with Crippen molar-refractivity contribution in [2.24, 2.45) is 0 Å². The molecule has 0 atom stereocenters. The Kier molecular flexibility index (Phi) is 5.93. The van der Waals surface area contributed by atoms with E-state index in [9.17, 15) is 9.59 Å². The Hall–Kier alpha value is -4.13. The maximum Gasteiger partial charge on any atom is 0.254 e. The summed E-state index contributed by atoms with van der Waals surface area (Å²) in [4.78, 5) is 28.7. The van der Waals surface area contributed by atoms with Crippen molar-refractivity contribution in [2.45, 2.75) is 19.9 Å². The Labute approximate surface area is 179 Å². The van der Waals surface area contributed by atoms with Crippen molar-refractivity contribution >= 4 is 17.5 Å². The fourth-order valence-corrected chi connectivity index (χ4v) is 3.06. The lowest BCUT2D eigenvalue weighted by molar-refractivity contribution is -0.115. The highest BCUT2D eigenvalue weighted by molar-refractivity contribution is 5.93. The number of hydrogen-bond acceptors (Lipinski definition) is 5. The van der Waals surface area contributed by atoms with Gasteiger partial charge in [-0.3, -0.25) is 9.59 Å². The predicted molar refractivity (Wildman–Crippen MR) is 115 cm³/mol. The minimum absolute atomic E-state index is 0.0819. The van der Waals surface area contributed by atoms with Crippen molar-refractivity contribution < 1.29 is 18.4 Å². The molecule has 7 nitrogen and oxygen atoms in total. The highest BCUT2D eigenvalue weighted by atomic mass is 16.4. The van der Waals surface area contributed by atoms with E-state index in [2.05, 4.69) is 15.6 Å². The molecule has 2 heterocycles. The van der Waals surface area contributed by atoms with E-state index in [-0.39, 0.29) is 18.4 Å². The number of carbonyl (C=O) groups is 2. The van der Waals surface area contributed by atoms with Gasteiger partial charge in [0.15, 0.2) is 0 Å². The number of rotatable bonds is 7. The minimum Gasteiger partial charge on any atom is -0.472 e. The van der Waals surface area contributed by atoms with Gasteiger partial charge >= 0.3 is 0 Å². The number of amides is 2. The van der Waals surface area contributed by atoms with Crippen molar-refractivity contribution in [1.82, 2.24) is 10.3 Å². The van der Waals surface area contributed by atoms with Crippen LogP contribution in [0.5, 0.6) is 0 Å². The third-order valence-electron chi connectivity index (χ3n) is 4.72. The van der Waals surface area contributed by atoms with Gasteiger partial charge in [-0.05, 0) is 42.8 Å². The Morgan fingerprint density at radius 2 is 1.77 bits per heavy atom. The number of aryl methyl sites for hydroxylation is 1. The first kappa shape index (κ1) is 20.2. The van der Waals surface area contributed by atoms with Gasteiger partial charge in [-0.1, -0.05) is 30.3 Å². The molecule has 0 aliphatic rings. The number of carbonyl (C=O) groups excluding carboxylic acids is 2. The average molecular weight is 415 g/mol. The van der Waals surface area contributed by atoms with Gasteiger partial charge in [-0.2, -0.15) is 0 Å². The topological polar surface area (TPSA) is 97.4 Å². The van der Waals surface area contributed by atoms with Crippen LogP contribution < -0.4 is 10.6 Å². The molecule has 0 radical (unpaired) electrons. The van der Waals surface area contributed by atoms with Crippen LogP contribution in [0.2, 0.25) is 0 Å². The molecular weight excluding hydrogens is 394 g/mol. The molecule has 4 rings (SSSR count). The normalized spacial score (nSPS) is 10.6. The van der Waals surface area contributed by atoms with Crippen LogP contribution in [0, 0.1) is 6.92 Å². The molecule has 156 valence electrons. The molecule has 0 saturated carbocycles. The van der Waals surface area contributed by atoms with Crippen molar-refractivity contribution in [1.29, 1.82) is 0 Å². The molecular formula is C24H21N3O4. The zero-order valence-corrected chi connectivity index (χ0v) is 16.9. The van der Waals surface area contributed by atoms with Crippen LogP contribution in [0.1, 0.15) is 27.4 Å². The molecule has 2 aromatic heterocycles. The molecule has 0 bridgehead atoms. The lowest BCUT2D eigenvalue weighted by atomic mass is 10.1. The molecule has 4 aromatic rings. The number of hydrogen-bond donors (Lipinski definition) is 2. The van der Waals surface area contributed by atoms with E-state index in [0.717, 1.165) is 11.1 Å². The molecule has 7 heteroatoms. The summed E-state index contributed by atoms with van der Waals surface area (Å²) >= 11 is 0. The summed E-state index contributed by atoms with van der Waals surface area (Å²) in [7, 11) is 0. The number of oxazole rings is 1. The van der Waals surface area contributed by atoms with Crippen molar-refractivity contribution in [3.63, 3.8) is 0 Å². The number of nitrogens with zero attached hydrogens (tertiary/aromatic N) is 1. The maximum atomic E-state index is 12.2. The number of furan rings is 1. The van der Waals surface area contributed by atoms with Crippen LogP contribution >= 0.6 is 0 Å². The molecule has 31 heavy (non-hydrogen) atoms. The summed E-state index contributed by atoms with van der Waals surface area (Å²) in [6.07, 6.45) is 3.15. The van der Waals surface area contributed by atoms with E-state index in [0.29, 0.717) is 35.0 Å². The molecule has 0 aliphatic carbocycles. The van der Waals surface area contributed by atoms with Crippen LogP contribution in [0.3, 0.4) is 0 Å². The second-order valence-corrected chi connectivity index (χ2v) is 7.00. The van der Waals surface area contributed by atoms with Crippen LogP contribution in [0.15, 0.2) is 82.0 Å². The second-order valence-electron chi connectivity index (χ2n) is 7.00. The van der Waals surface area contributed by atoms with Gasteiger partial charge in [0.1, 0.15) is 17.7 Å². The number of nitrogens with one attached hydrogen (secondary N) is 2. The largest absolute Gasteiger partial charge is 0.472 e. The van der Waals surface area contributed by atoms with Crippen molar-refractivity contribution in [3.05, 3.63) is 95.8 Å². The SMILES string of the molecule is Cc1oc(-c2ccc(NC(=O)Cc3ccccc3)cc2)nc1CNC(=O)c1ccoc1. The molecule has 2 N–H and O–H groups in total. The predicted octanol–water partition coefficient (Wildman–Crippen LogP) is 4.35. The van der Waals surface area contributed by atoms with Crippen molar-refractivity contribution in [3.8, 4) is 11.5 Å². The Morgan fingerprint density at radius 1 is 1.00 bits per heavy atom. The van der Waals surface area contributed by atoms with Crippen LogP contribution in [-0.4, -0.2) is 16.8 Å². The summed E-state index contributed by atoms with van der Waals surface area (Å²) in [5.41, 5.74) is 3.52. The summed E-state index contributed by atoms with van der Waals surface area (Å²) in [6, 6.07) is 18.4. The van der Waals surface area contributed by atoms with Gasteiger partial charge in [-0.25, -0.2) is 4.98 Å². The molecule has 0 aliphatic heterocycles. The van der Waals surface area contributed by atoms with E-state index in [4.69, 9.17) is 8.83 Å². The van der Waals surface area contributed by atoms with E-state index in [1.54, 1.807) is 25.1 Å². The third kappa shape index (κ3) is 5.08. The van der Waals surface area contributed by atoms with Crippen LogP contribution in [0.4, 0.5) is 5.69 Å². The van der Waals surface area contributed by atoms with Gasteiger partial charge in [0.05, 0.1) is 24.8 Å². The van der Waals surface area contributed by atoms with Crippen molar-refractivity contribution in [2.75, 3.05) is 5.32 Å². The zero-order chi connectivity index (χ0) is 21.6. The molecule has 0 saturated heterocycles. The number of aromatic nitrogens is 1. The van der Waals surface area contributed by atoms with E-state index >= 15 is 0 Å². The summed E-state index contributed by atoms with van der Waals surface area (Å²) in [5.74, 6) is 0.754.